The highest BCUT2D eigenvalue weighted by Gasteiger charge is 2.10. The van der Waals surface area contributed by atoms with Crippen molar-refractivity contribution in [1.82, 2.24) is 15.3 Å². The normalized spacial score (nSPS) is 10.5. The van der Waals surface area contributed by atoms with E-state index in [-0.39, 0.29) is 42.3 Å². The second-order valence-corrected chi connectivity index (χ2v) is 7.27. The van der Waals surface area contributed by atoms with Crippen LogP contribution in [0.4, 0.5) is 14.6 Å². The standard InChI is InChI=1S/C25H20F2N4O3/c26-19-3-1-2-17(10-19)15-33-22-6-5-20(12-21(22)27)34-24-7-4-18(14-30-24)25(32)31-13-16-8-9-29-23(28)11-16/h1-12,14H,13,15H2,(H2,28,29)(H,31,32). The summed E-state index contributed by atoms with van der Waals surface area (Å²) in [6.45, 7) is 0.311. The van der Waals surface area contributed by atoms with Gasteiger partial charge in [-0.05, 0) is 53.6 Å². The highest BCUT2D eigenvalue weighted by atomic mass is 19.1. The van der Waals surface area contributed by atoms with E-state index in [9.17, 15) is 13.6 Å². The van der Waals surface area contributed by atoms with Gasteiger partial charge in [-0.25, -0.2) is 18.7 Å². The van der Waals surface area contributed by atoms with Gasteiger partial charge in [-0.2, -0.15) is 0 Å². The van der Waals surface area contributed by atoms with E-state index in [1.807, 2.05) is 0 Å². The Hall–Kier alpha value is -4.53. The zero-order valence-corrected chi connectivity index (χ0v) is 17.9. The molecule has 0 unspecified atom stereocenters. The Morgan fingerprint density at radius 3 is 2.59 bits per heavy atom. The molecule has 3 N–H and O–H groups in total. The number of benzene rings is 2. The summed E-state index contributed by atoms with van der Waals surface area (Å²) < 4.78 is 38.6. The maximum absolute atomic E-state index is 14.4. The minimum Gasteiger partial charge on any atom is -0.486 e. The Labute approximate surface area is 194 Å². The van der Waals surface area contributed by atoms with Crippen LogP contribution in [0, 0.1) is 11.6 Å². The number of carbonyl (C=O) groups is 1. The van der Waals surface area contributed by atoms with Gasteiger partial charge in [-0.3, -0.25) is 4.79 Å². The Balaban J connectivity index is 1.32. The average molecular weight is 462 g/mol. The van der Waals surface area contributed by atoms with E-state index in [1.165, 1.54) is 36.5 Å². The van der Waals surface area contributed by atoms with Crippen LogP contribution in [0.15, 0.2) is 79.1 Å². The molecule has 0 saturated carbocycles. The molecule has 4 aromatic rings. The van der Waals surface area contributed by atoms with Crippen molar-refractivity contribution in [3.63, 3.8) is 0 Å². The molecule has 0 saturated heterocycles. The quantitative estimate of drug-likeness (QED) is 0.396. The maximum atomic E-state index is 14.4. The van der Waals surface area contributed by atoms with Gasteiger partial charge in [0.1, 0.15) is 24.0 Å². The number of halogens is 2. The first-order chi connectivity index (χ1) is 16.5. The zero-order valence-electron chi connectivity index (χ0n) is 17.9. The average Bonchev–Trinajstić information content (AvgIpc) is 2.83. The number of pyridine rings is 2. The van der Waals surface area contributed by atoms with Crippen molar-refractivity contribution in [2.75, 3.05) is 5.73 Å². The number of ether oxygens (including phenoxy) is 2. The van der Waals surface area contributed by atoms with Crippen molar-refractivity contribution in [3.05, 3.63) is 107 Å². The molecule has 0 aliphatic rings. The van der Waals surface area contributed by atoms with Crippen LogP contribution >= 0.6 is 0 Å². The number of nitrogens with two attached hydrogens (primary N) is 1. The number of anilines is 1. The van der Waals surface area contributed by atoms with E-state index in [4.69, 9.17) is 15.2 Å². The first kappa shape index (κ1) is 22.7. The molecule has 172 valence electrons. The summed E-state index contributed by atoms with van der Waals surface area (Å²) in [7, 11) is 0. The van der Waals surface area contributed by atoms with Crippen LogP contribution in [0.25, 0.3) is 0 Å². The third kappa shape index (κ3) is 6.04. The number of hydrogen-bond acceptors (Lipinski definition) is 6. The molecule has 2 aromatic heterocycles. The van der Waals surface area contributed by atoms with Crippen LogP contribution in [-0.2, 0) is 13.2 Å². The predicted octanol–water partition coefficient (Wildman–Crippen LogP) is 4.64. The van der Waals surface area contributed by atoms with E-state index < -0.39 is 5.82 Å². The smallest absolute Gasteiger partial charge is 0.253 e. The lowest BCUT2D eigenvalue weighted by atomic mass is 10.2. The van der Waals surface area contributed by atoms with Crippen molar-refractivity contribution in [2.24, 2.45) is 0 Å². The fourth-order valence-corrected chi connectivity index (χ4v) is 3.03. The first-order valence-corrected chi connectivity index (χ1v) is 10.3. The number of amides is 1. The fourth-order valence-electron chi connectivity index (χ4n) is 3.03. The minimum absolute atomic E-state index is 0.00698. The monoisotopic (exact) mass is 462 g/mol. The molecule has 0 aliphatic carbocycles. The highest BCUT2D eigenvalue weighted by molar-refractivity contribution is 5.93. The maximum Gasteiger partial charge on any atom is 0.253 e. The highest BCUT2D eigenvalue weighted by Crippen LogP contribution is 2.26. The van der Waals surface area contributed by atoms with E-state index in [0.717, 1.165) is 11.6 Å². The summed E-state index contributed by atoms with van der Waals surface area (Å²) >= 11 is 0. The van der Waals surface area contributed by atoms with Crippen LogP contribution in [0.5, 0.6) is 17.4 Å². The molecule has 4 rings (SSSR count). The molecule has 0 radical (unpaired) electrons. The van der Waals surface area contributed by atoms with Crippen LogP contribution in [0.2, 0.25) is 0 Å². The second-order valence-electron chi connectivity index (χ2n) is 7.27. The van der Waals surface area contributed by atoms with Crippen LogP contribution in [0.1, 0.15) is 21.5 Å². The molecule has 0 aliphatic heterocycles. The Morgan fingerprint density at radius 1 is 0.971 bits per heavy atom. The number of carbonyl (C=O) groups excluding carboxylic acids is 1. The van der Waals surface area contributed by atoms with E-state index in [1.54, 1.807) is 36.5 Å². The van der Waals surface area contributed by atoms with E-state index in [0.29, 0.717) is 16.9 Å². The third-order valence-electron chi connectivity index (χ3n) is 4.71. The topological polar surface area (TPSA) is 99.4 Å². The van der Waals surface area contributed by atoms with Gasteiger partial charge in [0.2, 0.25) is 5.88 Å². The third-order valence-corrected chi connectivity index (χ3v) is 4.71. The van der Waals surface area contributed by atoms with Gasteiger partial charge in [0, 0.05) is 31.1 Å². The lowest BCUT2D eigenvalue weighted by Gasteiger charge is -2.10. The molecule has 0 atom stereocenters. The molecule has 0 bridgehead atoms. The van der Waals surface area contributed by atoms with Crippen LogP contribution < -0.4 is 20.5 Å². The first-order valence-electron chi connectivity index (χ1n) is 10.3. The summed E-state index contributed by atoms with van der Waals surface area (Å²) in [4.78, 5) is 20.3. The van der Waals surface area contributed by atoms with Crippen molar-refractivity contribution >= 4 is 11.7 Å². The number of aromatic nitrogens is 2. The fraction of sp³-hybridized carbons (Fsp3) is 0.0800. The van der Waals surface area contributed by atoms with Gasteiger partial charge < -0.3 is 20.5 Å². The summed E-state index contributed by atoms with van der Waals surface area (Å²) in [6, 6.07) is 16.5. The molecule has 9 heteroatoms. The number of nitrogens with one attached hydrogen (secondary N) is 1. The summed E-state index contributed by atoms with van der Waals surface area (Å²) in [6.07, 6.45) is 2.93. The number of nitrogens with zero attached hydrogens (tertiary/aromatic N) is 2. The largest absolute Gasteiger partial charge is 0.486 e. The van der Waals surface area contributed by atoms with Gasteiger partial charge in [-0.1, -0.05) is 12.1 Å². The number of rotatable bonds is 8. The molecular formula is C25H20F2N4O3. The van der Waals surface area contributed by atoms with Gasteiger partial charge in [0.05, 0.1) is 5.56 Å². The van der Waals surface area contributed by atoms with Crippen LogP contribution in [-0.4, -0.2) is 15.9 Å². The summed E-state index contributed by atoms with van der Waals surface area (Å²) in [5.41, 5.74) is 7.36. The lowest BCUT2D eigenvalue weighted by Crippen LogP contribution is -2.23. The molecule has 2 heterocycles. The van der Waals surface area contributed by atoms with Gasteiger partial charge >= 0.3 is 0 Å². The van der Waals surface area contributed by atoms with Crippen molar-refractivity contribution in [2.45, 2.75) is 13.2 Å². The molecular weight excluding hydrogens is 442 g/mol. The lowest BCUT2D eigenvalue weighted by molar-refractivity contribution is 0.0950. The van der Waals surface area contributed by atoms with Crippen molar-refractivity contribution in [1.29, 1.82) is 0 Å². The van der Waals surface area contributed by atoms with Gasteiger partial charge in [0.25, 0.3) is 5.91 Å². The number of hydrogen-bond donors (Lipinski definition) is 2. The Bertz CT molecular complexity index is 1300. The molecule has 2 aromatic carbocycles. The summed E-state index contributed by atoms with van der Waals surface area (Å²) in [5.74, 6) is -0.575. The van der Waals surface area contributed by atoms with Gasteiger partial charge in [-0.15, -0.1) is 0 Å². The molecule has 34 heavy (non-hydrogen) atoms. The Kier molecular flexibility index (Phi) is 6.92. The molecule has 0 fully saturated rings. The van der Waals surface area contributed by atoms with Crippen molar-refractivity contribution < 1.29 is 23.0 Å². The molecule has 7 nitrogen and oxygen atoms in total. The zero-order chi connectivity index (χ0) is 23.9. The molecule has 0 spiro atoms. The van der Waals surface area contributed by atoms with Crippen LogP contribution in [0.3, 0.4) is 0 Å². The summed E-state index contributed by atoms with van der Waals surface area (Å²) in [5, 5.41) is 2.76. The Morgan fingerprint density at radius 2 is 1.85 bits per heavy atom. The second kappa shape index (κ2) is 10.4. The SMILES string of the molecule is Nc1cc(CNC(=O)c2ccc(Oc3ccc(OCc4cccc(F)c4)c(F)c3)nc2)ccn1. The van der Waals surface area contributed by atoms with E-state index in [2.05, 4.69) is 15.3 Å². The minimum atomic E-state index is -0.637. The molecule has 1 amide bonds. The van der Waals surface area contributed by atoms with E-state index >= 15 is 0 Å². The van der Waals surface area contributed by atoms with Gasteiger partial charge in [0.15, 0.2) is 11.6 Å². The number of nitrogen functional groups attached to an aromatic ring is 1. The predicted molar refractivity (Wildman–Crippen MR) is 121 cm³/mol. The van der Waals surface area contributed by atoms with Crippen molar-refractivity contribution in [3.8, 4) is 17.4 Å².